The Morgan fingerprint density at radius 2 is 1.85 bits per heavy atom. The zero-order chi connectivity index (χ0) is 14.7. The molecule has 0 radical (unpaired) electrons. The Balaban J connectivity index is 2.49. The van der Waals surface area contributed by atoms with Crippen LogP contribution in [0, 0.1) is 3.57 Å². The molecule has 1 N–H and O–H groups in total. The first-order valence-electron chi connectivity index (χ1n) is 6.02. The van der Waals surface area contributed by atoms with Crippen molar-refractivity contribution in [1.29, 1.82) is 0 Å². The van der Waals surface area contributed by atoms with Gasteiger partial charge in [-0.25, -0.2) is 0 Å². The number of ether oxygens (including phenoxy) is 1. The van der Waals surface area contributed by atoms with E-state index in [2.05, 4.69) is 27.9 Å². The quantitative estimate of drug-likeness (QED) is 0.707. The van der Waals surface area contributed by atoms with Crippen molar-refractivity contribution in [1.82, 2.24) is 5.32 Å². The van der Waals surface area contributed by atoms with E-state index in [9.17, 15) is 0 Å². The van der Waals surface area contributed by atoms with Gasteiger partial charge in [-0.2, -0.15) is 0 Å². The molecule has 0 amide bonds. The van der Waals surface area contributed by atoms with Gasteiger partial charge in [-0.15, -0.1) is 0 Å². The topological polar surface area (TPSA) is 21.3 Å². The first-order valence-corrected chi connectivity index (χ1v) is 7.86. The second kappa shape index (κ2) is 6.98. The minimum absolute atomic E-state index is 0.0148. The minimum atomic E-state index is -0.0148. The van der Waals surface area contributed by atoms with Crippen LogP contribution in [0.3, 0.4) is 0 Å². The van der Waals surface area contributed by atoms with Gasteiger partial charge in [-0.05, 0) is 71.1 Å². The maximum atomic E-state index is 6.37. The number of benzene rings is 2. The smallest absolute Gasteiger partial charge is 0.120 e. The van der Waals surface area contributed by atoms with Crippen LogP contribution in [0.1, 0.15) is 17.2 Å². The lowest BCUT2D eigenvalue weighted by molar-refractivity contribution is 0.414. The number of halogens is 3. The van der Waals surface area contributed by atoms with Crippen LogP contribution in [0.2, 0.25) is 10.0 Å². The summed E-state index contributed by atoms with van der Waals surface area (Å²) in [7, 11) is 3.53. The molecule has 2 rings (SSSR count). The van der Waals surface area contributed by atoms with E-state index in [1.165, 1.54) is 0 Å². The van der Waals surface area contributed by atoms with Crippen molar-refractivity contribution in [3.63, 3.8) is 0 Å². The van der Waals surface area contributed by atoms with Crippen molar-refractivity contribution in [2.45, 2.75) is 6.04 Å². The van der Waals surface area contributed by atoms with Gasteiger partial charge in [-0.1, -0.05) is 29.3 Å². The molecule has 20 heavy (non-hydrogen) atoms. The highest BCUT2D eigenvalue weighted by Gasteiger charge is 2.18. The van der Waals surface area contributed by atoms with Crippen molar-refractivity contribution in [3.8, 4) is 5.75 Å². The molecule has 0 bridgehead atoms. The zero-order valence-electron chi connectivity index (χ0n) is 11.1. The summed E-state index contributed by atoms with van der Waals surface area (Å²) in [6.45, 7) is 0. The molecule has 0 aliphatic rings. The number of nitrogens with one attached hydrogen (secondary N) is 1. The van der Waals surface area contributed by atoms with Crippen molar-refractivity contribution in [3.05, 3.63) is 61.1 Å². The van der Waals surface area contributed by atoms with Crippen molar-refractivity contribution in [2.24, 2.45) is 0 Å². The van der Waals surface area contributed by atoms with Crippen LogP contribution in [0.25, 0.3) is 0 Å². The fourth-order valence-electron chi connectivity index (χ4n) is 2.08. The van der Waals surface area contributed by atoms with Gasteiger partial charge < -0.3 is 10.1 Å². The third kappa shape index (κ3) is 3.39. The van der Waals surface area contributed by atoms with Crippen LogP contribution in [0.5, 0.6) is 5.75 Å². The third-order valence-corrected chi connectivity index (χ3v) is 4.62. The first-order chi connectivity index (χ1) is 9.56. The predicted molar refractivity (Wildman–Crippen MR) is 93.1 cm³/mol. The number of rotatable bonds is 4. The lowest BCUT2D eigenvalue weighted by atomic mass is 9.98. The van der Waals surface area contributed by atoms with E-state index in [0.717, 1.165) is 20.4 Å². The molecule has 0 aromatic heterocycles. The molecule has 1 unspecified atom stereocenters. The third-order valence-electron chi connectivity index (χ3n) is 3.08. The van der Waals surface area contributed by atoms with Crippen LogP contribution in [0.4, 0.5) is 0 Å². The van der Waals surface area contributed by atoms with Crippen molar-refractivity contribution in [2.75, 3.05) is 14.2 Å². The summed E-state index contributed by atoms with van der Waals surface area (Å²) in [4.78, 5) is 0. The Morgan fingerprint density at radius 1 is 1.10 bits per heavy atom. The number of methoxy groups -OCH3 is 1. The van der Waals surface area contributed by atoms with E-state index in [4.69, 9.17) is 27.9 Å². The highest BCUT2D eigenvalue weighted by molar-refractivity contribution is 14.1. The molecular weight excluding hydrogens is 408 g/mol. The summed E-state index contributed by atoms with van der Waals surface area (Å²) in [5.74, 6) is 0.745. The Labute approximate surface area is 142 Å². The molecule has 0 heterocycles. The van der Waals surface area contributed by atoms with E-state index < -0.39 is 0 Å². The fraction of sp³-hybridized carbons (Fsp3) is 0.200. The molecule has 0 fully saturated rings. The molecule has 1 atom stereocenters. The van der Waals surface area contributed by atoms with E-state index in [1.807, 2.05) is 43.4 Å². The van der Waals surface area contributed by atoms with Crippen LogP contribution < -0.4 is 10.1 Å². The van der Waals surface area contributed by atoms with Gasteiger partial charge in [-0.3, -0.25) is 0 Å². The van der Waals surface area contributed by atoms with E-state index >= 15 is 0 Å². The Hall–Kier alpha value is -0.490. The molecule has 2 nitrogen and oxygen atoms in total. The molecule has 0 spiro atoms. The first kappa shape index (κ1) is 15.9. The molecule has 2 aromatic carbocycles. The lowest BCUT2D eigenvalue weighted by Gasteiger charge is -2.20. The maximum absolute atomic E-state index is 6.37. The number of hydrogen-bond donors (Lipinski definition) is 1. The van der Waals surface area contributed by atoms with Gasteiger partial charge in [0.25, 0.3) is 0 Å². The summed E-state index contributed by atoms with van der Waals surface area (Å²) in [5.41, 5.74) is 2.10. The Bertz CT molecular complexity index is 619. The predicted octanol–water partition coefficient (Wildman–Crippen LogP) is 4.92. The van der Waals surface area contributed by atoms with Crippen LogP contribution in [0.15, 0.2) is 36.4 Å². The van der Waals surface area contributed by atoms with Crippen LogP contribution in [-0.4, -0.2) is 14.2 Å². The summed E-state index contributed by atoms with van der Waals surface area (Å²) >= 11 is 14.8. The second-order valence-corrected chi connectivity index (χ2v) is 6.28. The van der Waals surface area contributed by atoms with Crippen molar-refractivity contribution >= 4 is 45.8 Å². The minimum Gasteiger partial charge on any atom is -0.497 e. The Morgan fingerprint density at radius 3 is 2.45 bits per heavy atom. The summed E-state index contributed by atoms with van der Waals surface area (Å²) in [6.07, 6.45) is 0. The molecule has 0 saturated heterocycles. The van der Waals surface area contributed by atoms with E-state index in [1.54, 1.807) is 7.11 Å². The molecule has 0 saturated carbocycles. The van der Waals surface area contributed by atoms with Crippen LogP contribution >= 0.6 is 45.8 Å². The van der Waals surface area contributed by atoms with Gasteiger partial charge in [0.05, 0.1) is 13.2 Å². The summed E-state index contributed by atoms with van der Waals surface area (Å²) in [5, 5.41) is 4.67. The molecule has 0 aliphatic heterocycles. The number of hydrogen-bond acceptors (Lipinski definition) is 2. The Kier molecular flexibility index (Phi) is 5.55. The zero-order valence-corrected chi connectivity index (χ0v) is 14.8. The largest absolute Gasteiger partial charge is 0.497 e. The standard InChI is InChI=1S/C15H14Cl2INO/c1-19-15(12-7-9(16)3-6-14(12)18)11-5-4-10(20-2)8-13(11)17/h3-8,15,19H,1-2H3. The molecule has 5 heteroatoms. The lowest BCUT2D eigenvalue weighted by Crippen LogP contribution is -2.19. The normalized spacial score (nSPS) is 12.2. The fourth-order valence-corrected chi connectivity index (χ4v) is 3.19. The molecular formula is C15H14Cl2INO. The summed E-state index contributed by atoms with van der Waals surface area (Å²) in [6, 6.07) is 11.5. The van der Waals surface area contributed by atoms with Gasteiger partial charge >= 0.3 is 0 Å². The van der Waals surface area contributed by atoms with E-state index in [0.29, 0.717) is 10.0 Å². The van der Waals surface area contributed by atoms with Crippen LogP contribution in [-0.2, 0) is 0 Å². The van der Waals surface area contributed by atoms with Crippen molar-refractivity contribution < 1.29 is 4.74 Å². The van der Waals surface area contributed by atoms with Gasteiger partial charge in [0.2, 0.25) is 0 Å². The second-order valence-electron chi connectivity index (χ2n) is 4.27. The van der Waals surface area contributed by atoms with E-state index in [-0.39, 0.29) is 6.04 Å². The maximum Gasteiger partial charge on any atom is 0.120 e. The molecule has 2 aromatic rings. The van der Waals surface area contributed by atoms with Gasteiger partial charge in [0.1, 0.15) is 5.75 Å². The molecule has 106 valence electrons. The monoisotopic (exact) mass is 421 g/mol. The average Bonchev–Trinajstić information content (AvgIpc) is 2.44. The van der Waals surface area contributed by atoms with Gasteiger partial charge in [0, 0.05) is 13.6 Å². The summed E-state index contributed by atoms with van der Waals surface area (Å²) < 4.78 is 6.32. The van der Waals surface area contributed by atoms with Gasteiger partial charge in [0.15, 0.2) is 0 Å². The highest BCUT2D eigenvalue weighted by Crippen LogP contribution is 2.34. The highest BCUT2D eigenvalue weighted by atomic mass is 127. The molecule has 0 aliphatic carbocycles. The average molecular weight is 422 g/mol. The SMILES string of the molecule is CNC(c1ccc(OC)cc1Cl)c1cc(Cl)ccc1I.